The highest BCUT2D eigenvalue weighted by Gasteiger charge is 2.16. The van der Waals surface area contributed by atoms with Gasteiger partial charge in [-0.15, -0.1) is 0 Å². The van der Waals surface area contributed by atoms with Crippen LogP contribution in [0.3, 0.4) is 0 Å². The first kappa shape index (κ1) is 13.4. The standard InChI is InChI=1S/C12H12FN3O2S/c1-7(18-10-5-3-9(13)4-6-10)11(17)15-12-14-8(2)16-19-12/h3-7H,1-2H3,(H,14,15,16,17)/t7-/m0/s1. The van der Waals surface area contributed by atoms with E-state index in [0.717, 1.165) is 11.5 Å². The predicted molar refractivity (Wildman–Crippen MR) is 69.8 cm³/mol. The summed E-state index contributed by atoms with van der Waals surface area (Å²) in [5.74, 6) is 0.346. The Morgan fingerprint density at radius 3 is 2.68 bits per heavy atom. The molecule has 0 fully saturated rings. The van der Waals surface area contributed by atoms with Crippen LogP contribution < -0.4 is 10.1 Å². The number of nitrogens with one attached hydrogen (secondary N) is 1. The topological polar surface area (TPSA) is 64.1 Å². The highest BCUT2D eigenvalue weighted by atomic mass is 32.1. The summed E-state index contributed by atoms with van der Waals surface area (Å²) in [4.78, 5) is 15.8. The van der Waals surface area contributed by atoms with Gasteiger partial charge in [0.25, 0.3) is 5.91 Å². The molecule has 0 aliphatic carbocycles. The molecule has 1 N–H and O–H groups in total. The third-order valence-corrected chi connectivity index (χ3v) is 2.98. The lowest BCUT2D eigenvalue weighted by atomic mass is 10.3. The molecule has 0 saturated heterocycles. The highest BCUT2D eigenvalue weighted by Crippen LogP contribution is 2.15. The van der Waals surface area contributed by atoms with Crippen molar-refractivity contribution in [3.8, 4) is 5.75 Å². The van der Waals surface area contributed by atoms with Crippen LogP contribution in [0.1, 0.15) is 12.7 Å². The number of ether oxygens (including phenoxy) is 1. The zero-order valence-electron chi connectivity index (χ0n) is 10.4. The number of carbonyl (C=O) groups is 1. The summed E-state index contributed by atoms with van der Waals surface area (Å²) in [5.41, 5.74) is 0. The van der Waals surface area contributed by atoms with E-state index in [0.29, 0.717) is 16.7 Å². The van der Waals surface area contributed by atoms with Crippen LogP contribution in [0.5, 0.6) is 5.75 Å². The number of rotatable bonds is 4. The first-order valence-electron chi connectivity index (χ1n) is 5.58. The Hall–Kier alpha value is -2.02. The van der Waals surface area contributed by atoms with Gasteiger partial charge < -0.3 is 4.74 Å². The summed E-state index contributed by atoms with van der Waals surface area (Å²) in [6, 6.07) is 5.48. The van der Waals surface area contributed by atoms with Crippen molar-refractivity contribution in [3.63, 3.8) is 0 Å². The molecule has 19 heavy (non-hydrogen) atoms. The number of aryl methyl sites for hydroxylation is 1. The number of amides is 1. The monoisotopic (exact) mass is 281 g/mol. The van der Waals surface area contributed by atoms with Crippen molar-refractivity contribution in [2.75, 3.05) is 5.32 Å². The van der Waals surface area contributed by atoms with Gasteiger partial charge in [-0.1, -0.05) is 0 Å². The predicted octanol–water partition coefficient (Wildman–Crippen LogP) is 2.39. The molecule has 0 bridgehead atoms. The third kappa shape index (κ3) is 3.72. The van der Waals surface area contributed by atoms with Gasteiger partial charge in [-0.2, -0.15) is 4.37 Å². The molecule has 0 unspecified atom stereocenters. The van der Waals surface area contributed by atoms with Gasteiger partial charge in [0.1, 0.15) is 17.4 Å². The van der Waals surface area contributed by atoms with Gasteiger partial charge in [-0.3, -0.25) is 10.1 Å². The molecule has 0 aliphatic heterocycles. The lowest BCUT2D eigenvalue weighted by Crippen LogP contribution is -2.30. The minimum atomic E-state index is -0.713. The minimum Gasteiger partial charge on any atom is -0.481 e. The Kier molecular flexibility index (Phi) is 4.06. The maximum atomic E-state index is 12.7. The Balaban J connectivity index is 1.94. The van der Waals surface area contributed by atoms with Crippen LogP contribution in [0.2, 0.25) is 0 Å². The van der Waals surface area contributed by atoms with Crippen molar-refractivity contribution in [2.45, 2.75) is 20.0 Å². The molecule has 100 valence electrons. The maximum Gasteiger partial charge on any atom is 0.266 e. The van der Waals surface area contributed by atoms with Gasteiger partial charge in [0.15, 0.2) is 6.10 Å². The molecule has 1 heterocycles. The fraction of sp³-hybridized carbons (Fsp3) is 0.250. The SMILES string of the molecule is Cc1nsc(NC(=O)[C@H](C)Oc2ccc(F)cc2)n1. The maximum absolute atomic E-state index is 12.7. The first-order valence-corrected chi connectivity index (χ1v) is 6.35. The average Bonchev–Trinajstić information content (AvgIpc) is 2.77. The van der Waals surface area contributed by atoms with Crippen LogP contribution in [0, 0.1) is 12.7 Å². The van der Waals surface area contributed by atoms with Gasteiger partial charge >= 0.3 is 0 Å². The van der Waals surface area contributed by atoms with Crippen molar-refractivity contribution in [1.29, 1.82) is 0 Å². The van der Waals surface area contributed by atoms with E-state index < -0.39 is 6.10 Å². The van der Waals surface area contributed by atoms with Gasteiger partial charge in [0.2, 0.25) is 5.13 Å². The van der Waals surface area contributed by atoms with E-state index in [1.165, 1.54) is 24.3 Å². The number of carbonyl (C=O) groups excluding carboxylic acids is 1. The molecule has 1 amide bonds. The molecule has 0 aliphatic rings. The van der Waals surface area contributed by atoms with Crippen LogP contribution in [0.15, 0.2) is 24.3 Å². The molecule has 2 rings (SSSR count). The van der Waals surface area contributed by atoms with Crippen molar-refractivity contribution < 1.29 is 13.9 Å². The van der Waals surface area contributed by atoms with Crippen LogP contribution in [-0.2, 0) is 4.79 Å². The van der Waals surface area contributed by atoms with E-state index >= 15 is 0 Å². The summed E-state index contributed by atoms with van der Waals surface area (Å²) in [6.07, 6.45) is -0.713. The molecule has 5 nitrogen and oxygen atoms in total. The Labute approximate surface area is 113 Å². The second-order valence-electron chi connectivity index (χ2n) is 3.85. The number of hydrogen-bond donors (Lipinski definition) is 1. The molecule has 2 aromatic rings. The average molecular weight is 281 g/mol. The van der Waals surface area contributed by atoms with Crippen LogP contribution in [-0.4, -0.2) is 21.4 Å². The lowest BCUT2D eigenvalue weighted by molar-refractivity contribution is -0.122. The lowest BCUT2D eigenvalue weighted by Gasteiger charge is -2.13. The number of anilines is 1. The molecular formula is C12H12FN3O2S. The number of hydrogen-bond acceptors (Lipinski definition) is 5. The molecule has 1 atom stereocenters. The molecule has 7 heteroatoms. The van der Waals surface area contributed by atoms with Crippen LogP contribution in [0.4, 0.5) is 9.52 Å². The summed E-state index contributed by atoms with van der Waals surface area (Å²) in [5, 5.41) is 3.03. The number of benzene rings is 1. The summed E-state index contributed by atoms with van der Waals surface area (Å²) < 4.78 is 22.1. The number of aromatic nitrogens is 2. The summed E-state index contributed by atoms with van der Waals surface area (Å²) in [7, 11) is 0. The minimum absolute atomic E-state index is 0.333. The molecule has 0 spiro atoms. The number of nitrogens with zero attached hydrogens (tertiary/aromatic N) is 2. The third-order valence-electron chi connectivity index (χ3n) is 2.25. The second kappa shape index (κ2) is 5.75. The molecule has 1 aromatic carbocycles. The smallest absolute Gasteiger partial charge is 0.266 e. The van der Waals surface area contributed by atoms with Crippen molar-refractivity contribution in [3.05, 3.63) is 35.9 Å². The molecular weight excluding hydrogens is 269 g/mol. The van der Waals surface area contributed by atoms with E-state index in [4.69, 9.17) is 4.74 Å². The van der Waals surface area contributed by atoms with E-state index in [1.807, 2.05) is 0 Å². The molecule has 0 saturated carbocycles. The largest absolute Gasteiger partial charge is 0.481 e. The van der Waals surface area contributed by atoms with Gasteiger partial charge in [0, 0.05) is 11.5 Å². The zero-order valence-corrected chi connectivity index (χ0v) is 11.2. The van der Waals surface area contributed by atoms with Crippen molar-refractivity contribution in [1.82, 2.24) is 9.36 Å². The van der Waals surface area contributed by atoms with Crippen LogP contribution >= 0.6 is 11.5 Å². The van der Waals surface area contributed by atoms with E-state index in [1.54, 1.807) is 13.8 Å². The molecule has 0 radical (unpaired) electrons. The zero-order chi connectivity index (χ0) is 13.8. The summed E-state index contributed by atoms with van der Waals surface area (Å²) >= 11 is 1.11. The van der Waals surface area contributed by atoms with E-state index in [9.17, 15) is 9.18 Å². The first-order chi connectivity index (χ1) is 9.04. The van der Waals surface area contributed by atoms with Gasteiger partial charge in [-0.25, -0.2) is 9.37 Å². The summed E-state index contributed by atoms with van der Waals surface area (Å²) in [6.45, 7) is 3.34. The van der Waals surface area contributed by atoms with Crippen molar-refractivity contribution >= 4 is 22.6 Å². The Morgan fingerprint density at radius 1 is 1.42 bits per heavy atom. The quantitative estimate of drug-likeness (QED) is 0.934. The van der Waals surface area contributed by atoms with Crippen LogP contribution in [0.25, 0.3) is 0 Å². The van der Waals surface area contributed by atoms with Crippen molar-refractivity contribution in [2.24, 2.45) is 0 Å². The van der Waals surface area contributed by atoms with E-state index in [2.05, 4.69) is 14.7 Å². The Morgan fingerprint density at radius 2 is 2.11 bits per heavy atom. The van der Waals surface area contributed by atoms with Gasteiger partial charge in [-0.05, 0) is 38.1 Å². The van der Waals surface area contributed by atoms with E-state index in [-0.39, 0.29) is 11.7 Å². The molecule has 1 aromatic heterocycles. The van der Waals surface area contributed by atoms with Gasteiger partial charge in [0.05, 0.1) is 0 Å². The number of halogens is 1. The normalized spacial score (nSPS) is 11.9. The Bertz CT molecular complexity index is 571. The second-order valence-corrected chi connectivity index (χ2v) is 4.60. The fourth-order valence-corrected chi connectivity index (χ4v) is 1.90. The highest BCUT2D eigenvalue weighted by molar-refractivity contribution is 7.09. The fourth-order valence-electron chi connectivity index (χ4n) is 1.33.